The van der Waals surface area contributed by atoms with Crippen LogP contribution in [-0.4, -0.2) is 13.7 Å². The molecular formula is C13H17NO2. The van der Waals surface area contributed by atoms with E-state index < -0.39 is 0 Å². The third-order valence-electron chi connectivity index (χ3n) is 2.76. The molecule has 3 nitrogen and oxygen atoms in total. The summed E-state index contributed by atoms with van der Waals surface area (Å²) in [6, 6.07) is 5.78. The maximum Gasteiger partial charge on any atom is 0.124 e. The molecule has 1 heterocycles. The second-order valence-electron chi connectivity index (χ2n) is 3.97. The zero-order valence-electron chi connectivity index (χ0n) is 9.69. The molecule has 0 radical (unpaired) electrons. The van der Waals surface area contributed by atoms with E-state index in [0.717, 1.165) is 30.1 Å². The van der Waals surface area contributed by atoms with Crippen LogP contribution in [0.2, 0.25) is 0 Å². The highest BCUT2D eigenvalue weighted by molar-refractivity contribution is 5.41. The molecule has 1 aliphatic heterocycles. The van der Waals surface area contributed by atoms with Gasteiger partial charge in [-0.15, -0.1) is 0 Å². The third-order valence-corrected chi connectivity index (χ3v) is 2.76. The summed E-state index contributed by atoms with van der Waals surface area (Å²) in [6.07, 6.45) is 2.99. The minimum Gasteiger partial charge on any atom is -0.496 e. The number of hydrogen-bond acceptors (Lipinski definition) is 3. The predicted molar refractivity (Wildman–Crippen MR) is 63.3 cm³/mol. The van der Waals surface area contributed by atoms with E-state index in [1.807, 2.05) is 31.2 Å². The van der Waals surface area contributed by atoms with Gasteiger partial charge in [-0.1, -0.05) is 17.7 Å². The first-order valence-electron chi connectivity index (χ1n) is 5.45. The lowest BCUT2D eigenvalue weighted by atomic mass is 10.0. The highest BCUT2D eigenvalue weighted by Crippen LogP contribution is 2.31. The van der Waals surface area contributed by atoms with Crippen LogP contribution >= 0.6 is 0 Å². The van der Waals surface area contributed by atoms with Crippen LogP contribution in [0.25, 0.3) is 0 Å². The van der Waals surface area contributed by atoms with Gasteiger partial charge in [-0.3, -0.25) is 0 Å². The molecule has 0 fully saturated rings. The quantitative estimate of drug-likeness (QED) is 0.848. The number of ether oxygens (including phenoxy) is 2. The minimum absolute atomic E-state index is 0.225. The monoisotopic (exact) mass is 219 g/mol. The molecule has 2 rings (SSSR count). The molecule has 0 aromatic heterocycles. The van der Waals surface area contributed by atoms with Crippen molar-refractivity contribution in [2.75, 3.05) is 13.7 Å². The number of aryl methyl sites for hydroxylation is 1. The van der Waals surface area contributed by atoms with Crippen LogP contribution in [0.4, 0.5) is 0 Å². The largest absolute Gasteiger partial charge is 0.496 e. The van der Waals surface area contributed by atoms with Gasteiger partial charge in [-0.25, -0.2) is 0 Å². The van der Waals surface area contributed by atoms with Crippen LogP contribution in [-0.2, 0) is 4.74 Å². The summed E-state index contributed by atoms with van der Waals surface area (Å²) in [4.78, 5) is 0. The van der Waals surface area contributed by atoms with Crippen molar-refractivity contribution >= 4 is 0 Å². The van der Waals surface area contributed by atoms with E-state index in [9.17, 15) is 0 Å². The van der Waals surface area contributed by atoms with E-state index in [1.54, 1.807) is 7.11 Å². The molecule has 1 atom stereocenters. The van der Waals surface area contributed by atoms with Gasteiger partial charge < -0.3 is 15.2 Å². The van der Waals surface area contributed by atoms with Gasteiger partial charge in [0.15, 0.2) is 0 Å². The molecule has 0 bridgehead atoms. The van der Waals surface area contributed by atoms with E-state index in [2.05, 4.69) is 0 Å². The highest BCUT2D eigenvalue weighted by Gasteiger charge is 2.20. The van der Waals surface area contributed by atoms with Crippen molar-refractivity contribution in [1.82, 2.24) is 0 Å². The Morgan fingerprint density at radius 3 is 2.88 bits per heavy atom. The Balaban J connectivity index is 2.34. The molecular weight excluding hydrogens is 202 g/mol. The molecule has 1 unspecified atom stereocenters. The van der Waals surface area contributed by atoms with E-state index in [1.165, 1.54) is 5.56 Å². The zero-order valence-corrected chi connectivity index (χ0v) is 9.69. The van der Waals surface area contributed by atoms with Crippen molar-refractivity contribution in [3.63, 3.8) is 0 Å². The second kappa shape index (κ2) is 4.58. The van der Waals surface area contributed by atoms with Gasteiger partial charge in [0, 0.05) is 12.0 Å². The molecule has 1 aromatic rings. The summed E-state index contributed by atoms with van der Waals surface area (Å²) >= 11 is 0. The second-order valence-corrected chi connectivity index (χ2v) is 3.97. The minimum atomic E-state index is -0.225. The maximum absolute atomic E-state index is 6.17. The molecule has 1 aliphatic rings. The SMILES string of the molecule is COc1ccc(C)cc1C(N)C1=CCCO1. The topological polar surface area (TPSA) is 44.5 Å². The molecule has 86 valence electrons. The zero-order chi connectivity index (χ0) is 11.5. The number of hydrogen-bond donors (Lipinski definition) is 1. The van der Waals surface area contributed by atoms with E-state index in [0.29, 0.717) is 0 Å². The predicted octanol–water partition coefficient (Wildman–Crippen LogP) is 2.31. The summed E-state index contributed by atoms with van der Waals surface area (Å²) in [7, 11) is 1.66. The van der Waals surface area contributed by atoms with E-state index >= 15 is 0 Å². The molecule has 0 amide bonds. The molecule has 0 aliphatic carbocycles. The summed E-state index contributed by atoms with van der Waals surface area (Å²) in [5.41, 5.74) is 8.33. The van der Waals surface area contributed by atoms with Crippen molar-refractivity contribution in [1.29, 1.82) is 0 Å². The van der Waals surface area contributed by atoms with Crippen molar-refractivity contribution in [2.24, 2.45) is 5.73 Å². The highest BCUT2D eigenvalue weighted by atomic mass is 16.5. The lowest BCUT2D eigenvalue weighted by Gasteiger charge is -2.17. The Bertz CT molecular complexity index is 412. The fraction of sp³-hybridized carbons (Fsp3) is 0.385. The normalized spacial score (nSPS) is 16.6. The molecule has 0 saturated carbocycles. The molecule has 0 spiro atoms. The number of methoxy groups -OCH3 is 1. The first kappa shape index (κ1) is 11.0. The van der Waals surface area contributed by atoms with Gasteiger partial charge in [-0.05, 0) is 19.1 Å². The van der Waals surface area contributed by atoms with Gasteiger partial charge in [0.25, 0.3) is 0 Å². The molecule has 3 heteroatoms. The van der Waals surface area contributed by atoms with Crippen LogP contribution in [0.1, 0.15) is 23.6 Å². The Hall–Kier alpha value is -1.48. The van der Waals surface area contributed by atoms with Gasteiger partial charge in [0.1, 0.15) is 11.5 Å². The van der Waals surface area contributed by atoms with Gasteiger partial charge >= 0.3 is 0 Å². The third kappa shape index (κ3) is 2.04. The first-order chi connectivity index (χ1) is 7.72. The summed E-state index contributed by atoms with van der Waals surface area (Å²) in [5, 5.41) is 0. The lowest BCUT2D eigenvalue weighted by molar-refractivity contribution is 0.224. The average molecular weight is 219 g/mol. The summed E-state index contributed by atoms with van der Waals surface area (Å²) in [5.74, 6) is 1.67. The smallest absolute Gasteiger partial charge is 0.124 e. The fourth-order valence-corrected chi connectivity index (χ4v) is 1.90. The van der Waals surface area contributed by atoms with Crippen LogP contribution < -0.4 is 10.5 Å². The fourth-order valence-electron chi connectivity index (χ4n) is 1.90. The van der Waals surface area contributed by atoms with Crippen LogP contribution in [0.3, 0.4) is 0 Å². The van der Waals surface area contributed by atoms with E-state index in [4.69, 9.17) is 15.2 Å². The van der Waals surface area contributed by atoms with Crippen molar-refractivity contribution in [3.05, 3.63) is 41.2 Å². The van der Waals surface area contributed by atoms with Gasteiger partial charge in [0.2, 0.25) is 0 Å². The summed E-state index contributed by atoms with van der Waals surface area (Å²) < 4.78 is 10.8. The Kier molecular flexibility index (Phi) is 3.15. The van der Waals surface area contributed by atoms with Crippen LogP contribution in [0, 0.1) is 6.92 Å². The Labute approximate surface area is 95.9 Å². The van der Waals surface area contributed by atoms with Gasteiger partial charge in [-0.2, -0.15) is 0 Å². The average Bonchev–Trinajstić information content (AvgIpc) is 2.81. The first-order valence-corrected chi connectivity index (χ1v) is 5.45. The van der Waals surface area contributed by atoms with E-state index in [-0.39, 0.29) is 6.04 Å². The van der Waals surface area contributed by atoms with Crippen LogP contribution in [0.5, 0.6) is 5.75 Å². The van der Waals surface area contributed by atoms with Crippen molar-refractivity contribution < 1.29 is 9.47 Å². The Morgan fingerprint density at radius 1 is 1.44 bits per heavy atom. The van der Waals surface area contributed by atoms with Crippen molar-refractivity contribution in [2.45, 2.75) is 19.4 Å². The van der Waals surface area contributed by atoms with Crippen LogP contribution in [0.15, 0.2) is 30.0 Å². The summed E-state index contributed by atoms with van der Waals surface area (Å²) in [6.45, 7) is 2.77. The molecule has 16 heavy (non-hydrogen) atoms. The number of benzene rings is 1. The molecule has 1 aromatic carbocycles. The standard InChI is InChI=1S/C13H17NO2/c1-9-5-6-11(15-2)10(8-9)13(14)12-4-3-7-16-12/h4-6,8,13H,3,7,14H2,1-2H3. The Morgan fingerprint density at radius 2 is 2.25 bits per heavy atom. The van der Waals surface area contributed by atoms with Gasteiger partial charge in [0.05, 0.1) is 19.8 Å². The maximum atomic E-state index is 6.17. The number of nitrogens with two attached hydrogens (primary N) is 1. The molecule has 2 N–H and O–H groups in total. The lowest BCUT2D eigenvalue weighted by Crippen LogP contribution is -2.15. The molecule has 0 saturated heterocycles. The number of rotatable bonds is 3. The van der Waals surface area contributed by atoms with Crippen molar-refractivity contribution in [3.8, 4) is 5.75 Å².